The van der Waals surface area contributed by atoms with Gasteiger partial charge in [-0.3, -0.25) is 9.59 Å². The lowest BCUT2D eigenvalue weighted by Gasteiger charge is -2.15. The van der Waals surface area contributed by atoms with Crippen LogP contribution in [0.5, 0.6) is 0 Å². The predicted octanol–water partition coefficient (Wildman–Crippen LogP) is 2.56. The number of ketones is 1. The molecule has 0 unspecified atom stereocenters. The zero-order chi connectivity index (χ0) is 13.1. The lowest BCUT2D eigenvalue weighted by atomic mass is 10.1. The number of anilines is 1. The van der Waals surface area contributed by atoms with E-state index in [0.29, 0.717) is 42.1 Å². The summed E-state index contributed by atoms with van der Waals surface area (Å²) in [5.41, 5.74) is 0.874. The minimum Gasteiger partial charge on any atom is -0.305 e. The average Bonchev–Trinajstić information content (AvgIpc) is 2.60. The van der Waals surface area contributed by atoms with Crippen LogP contribution in [0.1, 0.15) is 29.6 Å². The minimum absolute atomic E-state index is 0.296. The van der Waals surface area contributed by atoms with Crippen LogP contribution in [-0.2, 0) is 4.79 Å². The number of carbonyl (C=O) groups excluding carboxylic acids is 2. The van der Waals surface area contributed by atoms with E-state index in [9.17, 15) is 9.59 Å². The summed E-state index contributed by atoms with van der Waals surface area (Å²) in [5.74, 6) is -1.08. The Morgan fingerprint density at radius 1 is 1.28 bits per heavy atom. The lowest BCUT2D eigenvalue weighted by Crippen LogP contribution is -2.30. The fourth-order valence-corrected chi connectivity index (χ4v) is 2.25. The molecule has 1 aliphatic rings. The summed E-state index contributed by atoms with van der Waals surface area (Å²) in [4.78, 5) is 25.1. The third kappa shape index (κ3) is 2.09. The van der Waals surface area contributed by atoms with E-state index in [-0.39, 0.29) is 0 Å². The molecule has 0 N–H and O–H groups in total. The molecule has 1 aromatic rings. The summed E-state index contributed by atoms with van der Waals surface area (Å²) in [6, 6.07) is 7.09. The molecule has 18 heavy (non-hydrogen) atoms. The number of fused-ring (bicyclic) bond motifs is 1. The summed E-state index contributed by atoms with van der Waals surface area (Å²) >= 11 is 5.94. The van der Waals surface area contributed by atoms with Crippen molar-refractivity contribution < 1.29 is 9.59 Å². The lowest BCUT2D eigenvalue weighted by molar-refractivity contribution is -0.114. The van der Waals surface area contributed by atoms with E-state index < -0.39 is 11.7 Å². The standard InChI is InChI=1S/C13H11ClN2O2/c14-9-5-4-6-10-11(9)12(17)13(18)16(10)8-3-1-2-7-15/h4-6H,1-3,8H2. The molecule has 0 saturated carbocycles. The van der Waals surface area contributed by atoms with Gasteiger partial charge in [0.2, 0.25) is 0 Å². The smallest absolute Gasteiger partial charge is 0.299 e. The van der Waals surface area contributed by atoms with Crippen molar-refractivity contribution in [2.75, 3.05) is 11.4 Å². The van der Waals surface area contributed by atoms with E-state index in [2.05, 4.69) is 0 Å². The number of nitrogens with zero attached hydrogens (tertiary/aromatic N) is 2. The first-order valence-corrected chi connectivity index (χ1v) is 6.06. The highest BCUT2D eigenvalue weighted by Crippen LogP contribution is 2.34. The van der Waals surface area contributed by atoms with Crippen molar-refractivity contribution in [1.29, 1.82) is 5.26 Å². The Morgan fingerprint density at radius 3 is 2.78 bits per heavy atom. The summed E-state index contributed by atoms with van der Waals surface area (Å²) in [7, 11) is 0. The van der Waals surface area contributed by atoms with E-state index in [1.165, 1.54) is 4.90 Å². The van der Waals surface area contributed by atoms with Crippen LogP contribution in [0.2, 0.25) is 5.02 Å². The highest BCUT2D eigenvalue weighted by Gasteiger charge is 2.36. The molecule has 0 saturated heterocycles. The van der Waals surface area contributed by atoms with Gasteiger partial charge in [0.15, 0.2) is 0 Å². The molecule has 4 nitrogen and oxygen atoms in total. The minimum atomic E-state index is -0.545. The van der Waals surface area contributed by atoms with E-state index in [0.717, 1.165) is 0 Å². The summed E-state index contributed by atoms with van der Waals surface area (Å²) in [6.07, 6.45) is 1.86. The molecule has 1 aromatic carbocycles. The number of hydrogen-bond acceptors (Lipinski definition) is 3. The number of Topliss-reactive ketones (excluding diaryl/α,β-unsaturated/α-hetero) is 1. The van der Waals surface area contributed by atoms with Gasteiger partial charge < -0.3 is 4.90 Å². The van der Waals surface area contributed by atoms with Crippen LogP contribution < -0.4 is 4.90 Å². The van der Waals surface area contributed by atoms with Crippen LogP contribution in [0.15, 0.2) is 18.2 Å². The number of amides is 1. The van der Waals surface area contributed by atoms with E-state index in [4.69, 9.17) is 16.9 Å². The van der Waals surface area contributed by atoms with Crippen LogP contribution in [0, 0.1) is 11.3 Å². The second-order valence-corrected chi connectivity index (χ2v) is 4.44. The molecule has 0 bridgehead atoms. The molecule has 1 amide bonds. The number of halogens is 1. The first-order valence-electron chi connectivity index (χ1n) is 5.68. The maximum atomic E-state index is 11.8. The Balaban J connectivity index is 2.19. The molecule has 0 spiro atoms. The van der Waals surface area contributed by atoms with Crippen LogP contribution in [0.25, 0.3) is 0 Å². The summed E-state index contributed by atoms with van der Waals surface area (Å²) in [6.45, 7) is 0.444. The van der Waals surface area contributed by atoms with Gasteiger partial charge in [0.05, 0.1) is 22.3 Å². The quantitative estimate of drug-likeness (QED) is 0.619. The molecular weight excluding hydrogens is 252 g/mol. The van der Waals surface area contributed by atoms with E-state index in [1.807, 2.05) is 6.07 Å². The van der Waals surface area contributed by atoms with Gasteiger partial charge in [0.1, 0.15) is 0 Å². The van der Waals surface area contributed by atoms with Crippen molar-refractivity contribution in [3.63, 3.8) is 0 Å². The largest absolute Gasteiger partial charge is 0.305 e. The molecule has 1 aliphatic heterocycles. The van der Waals surface area contributed by atoms with Gasteiger partial charge in [-0.2, -0.15) is 5.26 Å². The maximum Gasteiger partial charge on any atom is 0.299 e. The number of carbonyl (C=O) groups is 2. The predicted molar refractivity (Wildman–Crippen MR) is 67.6 cm³/mol. The third-order valence-corrected chi connectivity index (χ3v) is 3.18. The fourth-order valence-electron chi connectivity index (χ4n) is 2.00. The Labute approximate surface area is 110 Å². The first kappa shape index (κ1) is 12.6. The Bertz CT molecular complexity index is 548. The topological polar surface area (TPSA) is 61.2 Å². The molecule has 0 atom stereocenters. The zero-order valence-corrected chi connectivity index (χ0v) is 10.4. The number of nitriles is 1. The van der Waals surface area contributed by atoms with Crippen LogP contribution in [-0.4, -0.2) is 18.2 Å². The normalized spacial score (nSPS) is 13.7. The molecule has 0 fully saturated rings. The van der Waals surface area contributed by atoms with Crippen molar-refractivity contribution >= 4 is 29.0 Å². The van der Waals surface area contributed by atoms with Gasteiger partial charge in [-0.05, 0) is 25.0 Å². The van der Waals surface area contributed by atoms with Crippen molar-refractivity contribution in [3.8, 4) is 6.07 Å². The monoisotopic (exact) mass is 262 g/mol. The van der Waals surface area contributed by atoms with Gasteiger partial charge >= 0.3 is 0 Å². The molecule has 0 radical (unpaired) electrons. The molecule has 5 heteroatoms. The number of rotatable bonds is 4. The highest BCUT2D eigenvalue weighted by molar-refractivity contribution is 6.55. The second kappa shape index (κ2) is 5.19. The summed E-state index contributed by atoms with van der Waals surface area (Å²) in [5, 5.41) is 8.75. The van der Waals surface area contributed by atoms with E-state index >= 15 is 0 Å². The first-order chi connectivity index (χ1) is 8.66. The van der Waals surface area contributed by atoms with Crippen LogP contribution >= 0.6 is 11.6 Å². The van der Waals surface area contributed by atoms with Crippen LogP contribution in [0.3, 0.4) is 0 Å². The average molecular weight is 263 g/mol. The molecule has 0 aliphatic carbocycles. The fraction of sp³-hybridized carbons (Fsp3) is 0.308. The SMILES string of the molecule is N#CCCCCN1C(=O)C(=O)c2c(Cl)cccc21. The van der Waals surface area contributed by atoms with Crippen molar-refractivity contribution in [1.82, 2.24) is 0 Å². The van der Waals surface area contributed by atoms with Crippen molar-refractivity contribution in [2.45, 2.75) is 19.3 Å². The second-order valence-electron chi connectivity index (χ2n) is 4.04. The Kier molecular flexibility index (Phi) is 3.63. The number of hydrogen-bond donors (Lipinski definition) is 0. The van der Waals surface area contributed by atoms with Crippen molar-refractivity contribution in [3.05, 3.63) is 28.8 Å². The number of benzene rings is 1. The van der Waals surface area contributed by atoms with Gasteiger partial charge in [0.25, 0.3) is 11.7 Å². The Morgan fingerprint density at radius 2 is 2.06 bits per heavy atom. The van der Waals surface area contributed by atoms with Crippen LogP contribution in [0.4, 0.5) is 5.69 Å². The van der Waals surface area contributed by atoms with Gasteiger partial charge in [-0.15, -0.1) is 0 Å². The molecule has 92 valence electrons. The Hall–Kier alpha value is -1.86. The molecule has 0 aromatic heterocycles. The van der Waals surface area contributed by atoms with Gasteiger partial charge in [-0.25, -0.2) is 0 Å². The zero-order valence-electron chi connectivity index (χ0n) is 9.65. The third-order valence-electron chi connectivity index (χ3n) is 2.87. The highest BCUT2D eigenvalue weighted by atomic mass is 35.5. The maximum absolute atomic E-state index is 11.8. The molecular formula is C13H11ClN2O2. The molecule has 2 rings (SSSR count). The number of unbranched alkanes of at least 4 members (excludes halogenated alkanes) is 2. The van der Waals surface area contributed by atoms with E-state index in [1.54, 1.807) is 18.2 Å². The van der Waals surface area contributed by atoms with Gasteiger partial charge in [0, 0.05) is 13.0 Å². The summed E-state index contributed by atoms with van der Waals surface area (Å²) < 4.78 is 0. The van der Waals surface area contributed by atoms with Gasteiger partial charge in [-0.1, -0.05) is 17.7 Å². The molecule has 1 heterocycles. The van der Waals surface area contributed by atoms with Crippen molar-refractivity contribution in [2.24, 2.45) is 0 Å².